The molecule has 0 saturated carbocycles. The molecule has 0 unspecified atom stereocenters. The van der Waals surface area contributed by atoms with Crippen LogP contribution < -0.4 is 10.5 Å². The van der Waals surface area contributed by atoms with Crippen LogP contribution in [0, 0.1) is 0 Å². The van der Waals surface area contributed by atoms with Crippen LogP contribution in [0.25, 0.3) is 0 Å². The zero-order valence-corrected chi connectivity index (χ0v) is 6.58. The first-order valence-electron chi connectivity index (χ1n) is 5.13. The molecule has 0 amide bonds. The van der Waals surface area contributed by atoms with Gasteiger partial charge in [0.1, 0.15) is 0 Å². The molecule has 0 saturated heterocycles. The molecular weight excluding hydrogens is 154 g/mol. The summed E-state index contributed by atoms with van der Waals surface area (Å²) in [5.41, 5.74) is 6.19. The van der Waals surface area contributed by atoms with E-state index in [2.05, 4.69) is 4.74 Å². The van der Waals surface area contributed by atoms with Crippen molar-refractivity contribution < 1.29 is 14.0 Å². The summed E-state index contributed by atoms with van der Waals surface area (Å²) in [7, 11) is -2.56. The predicted octanol–water partition coefficient (Wildman–Crippen LogP) is 0.902. The minimum absolute atomic E-state index is 0.0408. The van der Waals surface area contributed by atoms with E-state index in [0.29, 0.717) is 13.0 Å². The average molecular weight is 170 g/mol. The molecule has 0 aliphatic rings. The number of methoxy groups -OCH3 is 1. The van der Waals surface area contributed by atoms with Gasteiger partial charge in [0, 0.05) is 0 Å². The van der Waals surface area contributed by atoms with Crippen LogP contribution in [0.4, 0.5) is 0 Å². The highest BCUT2D eigenvalue weighted by atomic mass is 16.5. The van der Waals surface area contributed by atoms with Gasteiger partial charge in [-0.25, -0.2) is 0 Å². The number of aromatic hydroxyl groups is 1. The summed E-state index contributed by atoms with van der Waals surface area (Å²) in [6.07, 6.45) is 0.609. The number of phenolic OH excluding ortho intramolecular Hbond substituents is 1. The first-order valence-corrected chi connectivity index (χ1v) is 3.63. The Hall–Kier alpha value is -1.22. The summed E-state index contributed by atoms with van der Waals surface area (Å²) in [5, 5.41) is 9.36. The largest absolute Gasteiger partial charge is 0.504 e. The van der Waals surface area contributed by atoms with Crippen LogP contribution in [-0.2, 0) is 6.42 Å². The predicted molar refractivity (Wildman–Crippen MR) is 47.4 cm³/mol. The molecule has 0 atom stereocenters. The third kappa shape index (κ3) is 1.89. The van der Waals surface area contributed by atoms with Crippen molar-refractivity contribution >= 4 is 0 Å². The monoisotopic (exact) mass is 170 g/mol. The zero-order valence-electron chi connectivity index (χ0n) is 9.58. The van der Waals surface area contributed by atoms with E-state index in [-0.39, 0.29) is 11.5 Å². The quantitative estimate of drug-likeness (QED) is 0.708. The molecule has 0 radical (unpaired) electrons. The summed E-state index contributed by atoms with van der Waals surface area (Å²) in [6, 6.07) is 4.55. The lowest BCUT2D eigenvalue weighted by Crippen LogP contribution is -2.02. The molecule has 3 heteroatoms. The van der Waals surface area contributed by atoms with Crippen LogP contribution in [0.3, 0.4) is 0 Å². The highest BCUT2D eigenvalue weighted by molar-refractivity contribution is 5.41. The third-order valence-corrected chi connectivity index (χ3v) is 1.57. The van der Waals surface area contributed by atoms with E-state index in [1.807, 2.05) is 0 Å². The number of hydrogen-bond acceptors (Lipinski definition) is 3. The highest BCUT2D eigenvalue weighted by Gasteiger charge is 2.00. The van der Waals surface area contributed by atoms with Crippen molar-refractivity contribution in [2.75, 3.05) is 13.6 Å². The summed E-state index contributed by atoms with van der Waals surface area (Å²) in [6.45, 7) is 0.456. The van der Waals surface area contributed by atoms with Crippen LogP contribution in [0.2, 0.25) is 0 Å². The van der Waals surface area contributed by atoms with Gasteiger partial charge in [0.05, 0.1) is 11.2 Å². The van der Waals surface area contributed by atoms with Gasteiger partial charge < -0.3 is 15.6 Å². The van der Waals surface area contributed by atoms with Gasteiger partial charge in [0.2, 0.25) is 0 Å². The van der Waals surface area contributed by atoms with Gasteiger partial charge >= 0.3 is 0 Å². The Labute approximate surface area is 76.0 Å². The molecule has 0 aromatic heterocycles. The normalized spacial score (nSPS) is 14.6. The second kappa shape index (κ2) is 3.97. The smallest absolute Gasteiger partial charge is 0.160 e. The summed E-state index contributed by atoms with van der Waals surface area (Å²) in [5.74, 6) is -0.229. The lowest BCUT2D eigenvalue weighted by atomic mass is 10.1. The van der Waals surface area contributed by atoms with Gasteiger partial charge in [-0.05, 0) is 30.7 Å². The van der Waals surface area contributed by atoms with E-state index in [4.69, 9.17) is 9.85 Å². The van der Waals surface area contributed by atoms with Crippen LogP contribution in [0.15, 0.2) is 18.2 Å². The average Bonchev–Trinajstić information content (AvgIpc) is 2.09. The molecule has 0 bridgehead atoms. The Morgan fingerprint density at radius 2 is 2.50 bits per heavy atom. The Bertz CT molecular complexity index is 339. The van der Waals surface area contributed by atoms with Gasteiger partial charge in [-0.15, -0.1) is 0 Å². The standard InChI is InChI=1S/C9H13NO2/c1-12-9-6-7(4-5-10)2-3-8(9)11/h2-3,6,11H,4-5,10H2,1H3/i1D3. The molecule has 0 heterocycles. The molecule has 66 valence electrons. The number of nitrogens with two attached hydrogens (primary N) is 1. The lowest BCUT2D eigenvalue weighted by Gasteiger charge is -2.05. The number of phenols is 1. The molecule has 0 aliphatic carbocycles. The summed E-state index contributed by atoms with van der Waals surface area (Å²) >= 11 is 0. The molecule has 3 N–H and O–H groups in total. The number of ether oxygens (including phenoxy) is 1. The van der Waals surface area contributed by atoms with Crippen LogP contribution in [-0.4, -0.2) is 18.7 Å². The van der Waals surface area contributed by atoms with E-state index in [1.54, 1.807) is 6.07 Å². The molecule has 0 aliphatic heterocycles. The van der Waals surface area contributed by atoms with E-state index < -0.39 is 7.04 Å². The Balaban J connectivity index is 2.90. The van der Waals surface area contributed by atoms with Gasteiger partial charge in [-0.1, -0.05) is 6.07 Å². The van der Waals surface area contributed by atoms with Crippen molar-refractivity contribution in [3.63, 3.8) is 0 Å². The SMILES string of the molecule is [2H]C([2H])([2H])Oc1cc(CCN)ccc1O. The number of rotatable bonds is 3. The number of hydrogen-bond donors (Lipinski definition) is 2. The van der Waals surface area contributed by atoms with E-state index in [0.717, 1.165) is 5.56 Å². The Morgan fingerprint density at radius 3 is 3.17 bits per heavy atom. The second-order valence-corrected chi connectivity index (χ2v) is 2.44. The first-order chi connectivity index (χ1) is 6.92. The van der Waals surface area contributed by atoms with Crippen molar-refractivity contribution in [3.05, 3.63) is 23.8 Å². The molecule has 1 rings (SSSR count). The fourth-order valence-electron chi connectivity index (χ4n) is 0.962. The third-order valence-electron chi connectivity index (χ3n) is 1.57. The minimum atomic E-state index is -2.56. The summed E-state index contributed by atoms with van der Waals surface area (Å²) < 4.78 is 25.4. The Morgan fingerprint density at radius 1 is 1.67 bits per heavy atom. The Kier molecular flexibility index (Phi) is 1.80. The minimum Gasteiger partial charge on any atom is -0.504 e. The van der Waals surface area contributed by atoms with Crippen LogP contribution in [0.1, 0.15) is 9.68 Å². The maximum atomic E-state index is 9.36. The van der Waals surface area contributed by atoms with Crippen LogP contribution in [0.5, 0.6) is 11.5 Å². The van der Waals surface area contributed by atoms with Gasteiger partial charge in [-0.2, -0.15) is 0 Å². The second-order valence-electron chi connectivity index (χ2n) is 2.44. The van der Waals surface area contributed by atoms with Gasteiger partial charge in [0.25, 0.3) is 0 Å². The molecule has 1 aromatic carbocycles. The fraction of sp³-hybridized carbons (Fsp3) is 0.333. The van der Waals surface area contributed by atoms with Crippen molar-refractivity contribution in [2.24, 2.45) is 5.73 Å². The zero-order chi connectivity index (χ0) is 11.5. The lowest BCUT2D eigenvalue weighted by molar-refractivity contribution is 0.373. The molecule has 1 aromatic rings. The van der Waals surface area contributed by atoms with Crippen molar-refractivity contribution in [2.45, 2.75) is 6.42 Å². The molecule has 0 spiro atoms. The van der Waals surface area contributed by atoms with Crippen molar-refractivity contribution in [1.82, 2.24) is 0 Å². The van der Waals surface area contributed by atoms with Crippen molar-refractivity contribution in [1.29, 1.82) is 0 Å². The number of benzene rings is 1. The molecule has 12 heavy (non-hydrogen) atoms. The first kappa shape index (κ1) is 5.43. The summed E-state index contributed by atoms with van der Waals surface area (Å²) in [4.78, 5) is 0. The fourth-order valence-corrected chi connectivity index (χ4v) is 0.962. The van der Waals surface area contributed by atoms with Crippen LogP contribution >= 0.6 is 0 Å². The van der Waals surface area contributed by atoms with E-state index >= 15 is 0 Å². The van der Waals surface area contributed by atoms with E-state index in [1.165, 1.54) is 12.1 Å². The van der Waals surface area contributed by atoms with Gasteiger partial charge in [-0.3, -0.25) is 0 Å². The van der Waals surface area contributed by atoms with Gasteiger partial charge in [0.15, 0.2) is 11.5 Å². The highest BCUT2D eigenvalue weighted by Crippen LogP contribution is 2.26. The molecular formula is C9H13NO2. The van der Waals surface area contributed by atoms with Crippen molar-refractivity contribution in [3.8, 4) is 11.5 Å². The molecule has 3 nitrogen and oxygen atoms in total. The van der Waals surface area contributed by atoms with E-state index in [9.17, 15) is 5.11 Å². The maximum Gasteiger partial charge on any atom is 0.160 e. The molecule has 0 fully saturated rings. The topological polar surface area (TPSA) is 55.5 Å². The maximum absolute atomic E-state index is 9.36.